The highest BCUT2D eigenvalue weighted by Crippen LogP contribution is 2.17. The summed E-state index contributed by atoms with van der Waals surface area (Å²) in [5, 5.41) is 3.05. The van der Waals surface area contributed by atoms with Gasteiger partial charge in [0.05, 0.1) is 10.6 Å². The molecule has 4 nitrogen and oxygen atoms in total. The first kappa shape index (κ1) is 18.0. The van der Waals surface area contributed by atoms with Crippen LogP contribution in [0.2, 0.25) is 5.02 Å². The summed E-state index contributed by atoms with van der Waals surface area (Å²) >= 11 is 6.03. The first-order valence-electron chi connectivity index (χ1n) is 7.72. The molecule has 0 fully saturated rings. The smallest absolute Gasteiger partial charge is 0.334 e. The van der Waals surface area contributed by atoms with E-state index in [4.69, 9.17) is 16.3 Å². The molecule has 0 bridgehead atoms. The zero-order valence-electron chi connectivity index (χ0n) is 13.9. The van der Waals surface area contributed by atoms with Gasteiger partial charge < -0.3 is 10.1 Å². The van der Waals surface area contributed by atoms with Gasteiger partial charge in [0.1, 0.15) is 11.8 Å². The molecule has 2 rings (SSSR count). The first-order chi connectivity index (χ1) is 11.4. The number of carbonyl (C=O) groups excluding carboxylic acids is 2. The Morgan fingerprint density at radius 2 is 1.79 bits per heavy atom. The van der Waals surface area contributed by atoms with Crippen molar-refractivity contribution < 1.29 is 14.3 Å². The van der Waals surface area contributed by atoms with E-state index in [1.54, 1.807) is 36.4 Å². The molecule has 0 saturated heterocycles. The van der Waals surface area contributed by atoms with Gasteiger partial charge >= 0.3 is 5.97 Å². The van der Waals surface area contributed by atoms with Gasteiger partial charge in [-0.15, -0.1) is 0 Å². The topological polar surface area (TPSA) is 55.4 Å². The normalized spacial score (nSPS) is 11.9. The van der Waals surface area contributed by atoms with Gasteiger partial charge in [-0.3, -0.25) is 4.79 Å². The van der Waals surface area contributed by atoms with E-state index in [9.17, 15) is 9.59 Å². The van der Waals surface area contributed by atoms with E-state index in [0.717, 1.165) is 5.56 Å². The van der Waals surface area contributed by atoms with Gasteiger partial charge in [0.2, 0.25) is 0 Å². The largest absolute Gasteiger partial charge is 0.425 e. The number of nitrogens with one attached hydrogen (secondary N) is 1. The number of aryl methyl sites for hydroxylation is 1. The van der Waals surface area contributed by atoms with E-state index in [1.807, 2.05) is 32.9 Å². The fourth-order valence-corrected chi connectivity index (χ4v) is 2.44. The van der Waals surface area contributed by atoms with E-state index in [-0.39, 0.29) is 5.92 Å². The standard InChI is InChI=1S/C19H20ClNO3/c1-12(2)17(19(23)24-14-8-6-7-13(3)11-14)21-18(22)15-9-4-5-10-16(15)20/h4-12,17H,1-3H3,(H,21,22). The van der Waals surface area contributed by atoms with Crippen LogP contribution in [0.3, 0.4) is 0 Å². The van der Waals surface area contributed by atoms with Gasteiger partial charge in [-0.25, -0.2) is 4.79 Å². The maximum Gasteiger partial charge on any atom is 0.334 e. The number of halogens is 1. The zero-order chi connectivity index (χ0) is 17.7. The lowest BCUT2D eigenvalue weighted by Gasteiger charge is -2.21. The molecule has 2 aromatic rings. The van der Waals surface area contributed by atoms with Crippen molar-refractivity contribution in [3.63, 3.8) is 0 Å². The zero-order valence-corrected chi connectivity index (χ0v) is 14.6. The van der Waals surface area contributed by atoms with Gasteiger partial charge in [0.25, 0.3) is 5.91 Å². The number of carbonyl (C=O) groups is 2. The molecule has 24 heavy (non-hydrogen) atoms. The molecular formula is C19H20ClNO3. The van der Waals surface area contributed by atoms with Crippen LogP contribution in [0.25, 0.3) is 0 Å². The second-order valence-electron chi connectivity index (χ2n) is 5.91. The summed E-state index contributed by atoms with van der Waals surface area (Å²) in [6, 6.07) is 13.1. The number of ether oxygens (including phenoxy) is 1. The summed E-state index contributed by atoms with van der Waals surface area (Å²) in [7, 11) is 0. The quantitative estimate of drug-likeness (QED) is 0.658. The molecule has 126 valence electrons. The number of esters is 1. The Kier molecular flexibility index (Phi) is 5.99. The van der Waals surface area contributed by atoms with E-state index in [2.05, 4.69) is 5.32 Å². The molecule has 0 heterocycles. The monoisotopic (exact) mass is 345 g/mol. The van der Waals surface area contributed by atoms with Crippen molar-refractivity contribution in [3.8, 4) is 5.75 Å². The Hall–Kier alpha value is -2.33. The molecule has 0 aliphatic heterocycles. The van der Waals surface area contributed by atoms with Gasteiger partial charge in [0.15, 0.2) is 0 Å². The molecule has 0 spiro atoms. The minimum Gasteiger partial charge on any atom is -0.425 e. The molecule has 1 atom stereocenters. The highest BCUT2D eigenvalue weighted by atomic mass is 35.5. The van der Waals surface area contributed by atoms with Crippen LogP contribution in [0, 0.1) is 12.8 Å². The van der Waals surface area contributed by atoms with Crippen molar-refractivity contribution in [1.29, 1.82) is 0 Å². The number of hydrogen-bond acceptors (Lipinski definition) is 3. The Morgan fingerprint density at radius 3 is 2.42 bits per heavy atom. The van der Waals surface area contributed by atoms with Crippen molar-refractivity contribution in [2.75, 3.05) is 0 Å². The summed E-state index contributed by atoms with van der Waals surface area (Å²) in [6.07, 6.45) is 0. The van der Waals surface area contributed by atoms with Crippen LogP contribution in [-0.4, -0.2) is 17.9 Å². The van der Waals surface area contributed by atoms with Crippen LogP contribution < -0.4 is 10.1 Å². The maximum atomic E-state index is 12.4. The summed E-state index contributed by atoms with van der Waals surface area (Å²) < 4.78 is 5.40. The average molecular weight is 346 g/mol. The summed E-state index contributed by atoms with van der Waals surface area (Å²) in [4.78, 5) is 24.8. The molecule has 0 aromatic heterocycles. The highest BCUT2D eigenvalue weighted by molar-refractivity contribution is 6.33. The second-order valence-corrected chi connectivity index (χ2v) is 6.32. The number of amides is 1. The molecular weight excluding hydrogens is 326 g/mol. The van der Waals surface area contributed by atoms with Gasteiger partial charge in [-0.2, -0.15) is 0 Å². The summed E-state index contributed by atoms with van der Waals surface area (Å²) in [5.41, 5.74) is 1.31. The van der Waals surface area contributed by atoms with E-state index in [1.165, 1.54) is 0 Å². The fraction of sp³-hybridized carbons (Fsp3) is 0.263. The summed E-state index contributed by atoms with van der Waals surface area (Å²) in [5.74, 6) is -0.581. The molecule has 1 unspecified atom stereocenters. The van der Waals surface area contributed by atoms with Crippen molar-refractivity contribution in [2.45, 2.75) is 26.8 Å². The van der Waals surface area contributed by atoms with Gasteiger partial charge in [-0.1, -0.05) is 49.7 Å². The maximum absolute atomic E-state index is 12.4. The Balaban J connectivity index is 2.13. The molecule has 1 amide bonds. The molecule has 1 N–H and O–H groups in total. The lowest BCUT2D eigenvalue weighted by molar-refractivity contribution is -0.137. The van der Waals surface area contributed by atoms with Crippen molar-refractivity contribution in [2.24, 2.45) is 5.92 Å². The third-order valence-electron chi connectivity index (χ3n) is 3.53. The van der Waals surface area contributed by atoms with Crippen LogP contribution in [0.4, 0.5) is 0 Å². The minimum atomic E-state index is -0.769. The Bertz CT molecular complexity index is 743. The van der Waals surface area contributed by atoms with E-state index < -0.39 is 17.9 Å². The van der Waals surface area contributed by atoms with E-state index in [0.29, 0.717) is 16.3 Å². The minimum absolute atomic E-state index is 0.131. The Morgan fingerprint density at radius 1 is 1.08 bits per heavy atom. The third kappa shape index (κ3) is 4.59. The molecule has 5 heteroatoms. The van der Waals surface area contributed by atoms with Crippen LogP contribution >= 0.6 is 11.6 Å². The van der Waals surface area contributed by atoms with Gasteiger partial charge in [-0.05, 0) is 42.7 Å². The van der Waals surface area contributed by atoms with Crippen molar-refractivity contribution in [1.82, 2.24) is 5.32 Å². The molecule has 0 saturated carbocycles. The Labute approximate surface area is 146 Å². The molecule has 0 radical (unpaired) electrons. The molecule has 0 aliphatic carbocycles. The highest BCUT2D eigenvalue weighted by Gasteiger charge is 2.27. The first-order valence-corrected chi connectivity index (χ1v) is 8.10. The van der Waals surface area contributed by atoms with Crippen LogP contribution in [-0.2, 0) is 4.79 Å². The number of hydrogen-bond donors (Lipinski definition) is 1. The third-order valence-corrected chi connectivity index (χ3v) is 3.86. The van der Waals surface area contributed by atoms with Gasteiger partial charge in [0, 0.05) is 0 Å². The van der Waals surface area contributed by atoms with Crippen LogP contribution in [0.5, 0.6) is 5.75 Å². The second kappa shape index (κ2) is 7.97. The lowest BCUT2D eigenvalue weighted by atomic mass is 10.0. The number of benzene rings is 2. The predicted molar refractivity (Wildman–Crippen MR) is 94.4 cm³/mol. The van der Waals surface area contributed by atoms with Crippen LogP contribution in [0.1, 0.15) is 29.8 Å². The summed E-state index contributed by atoms with van der Waals surface area (Å²) in [6.45, 7) is 5.60. The number of rotatable bonds is 5. The van der Waals surface area contributed by atoms with Crippen LogP contribution in [0.15, 0.2) is 48.5 Å². The fourth-order valence-electron chi connectivity index (χ4n) is 2.22. The molecule has 2 aromatic carbocycles. The SMILES string of the molecule is Cc1cccc(OC(=O)C(NC(=O)c2ccccc2Cl)C(C)C)c1. The van der Waals surface area contributed by atoms with Crippen molar-refractivity contribution in [3.05, 3.63) is 64.7 Å². The van der Waals surface area contributed by atoms with E-state index >= 15 is 0 Å². The predicted octanol–water partition coefficient (Wildman–Crippen LogP) is 4.01. The molecule has 0 aliphatic rings. The van der Waals surface area contributed by atoms with Crippen molar-refractivity contribution >= 4 is 23.5 Å². The lowest BCUT2D eigenvalue weighted by Crippen LogP contribution is -2.46. The average Bonchev–Trinajstić information content (AvgIpc) is 2.52.